The molecule has 2 N–H and O–H groups in total. The quantitative estimate of drug-likeness (QED) is 0.467. The van der Waals surface area contributed by atoms with E-state index in [1.54, 1.807) is 11.6 Å². The Kier molecular flexibility index (Phi) is 5.63. The van der Waals surface area contributed by atoms with Crippen molar-refractivity contribution in [1.82, 2.24) is 19.1 Å². The lowest BCUT2D eigenvalue weighted by atomic mass is 10.1. The van der Waals surface area contributed by atoms with Crippen LogP contribution in [0.25, 0.3) is 21.9 Å². The average molecular weight is 450 g/mol. The van der Waals surface area contributed by atoms with Crippen molar-refractivity contribution >= 4 is 27.9 Å². The first kappa shape index (κ1) is 21.3. The lowest BCUT2D eigenvalue weighted by molar-refractivity contribution is 0.0943. The number of aliphatic hydroxyl groups is 1. The fourth-order valence-corrected chi connectivity index (χ4v) is 4.50. The number of nitrogens with one attached hydrogen (secondary N) is 1. The fourth-order valence-electron chi connectivity index (χ4n) is 4.50. The molecule has 0 bridgehead atoms. The van der Waals surface area contributed by atoms with Crippen molar-refractivity contribution < 1.29 is 9.84 Å². The normalized spacial score (nSPS) is 15.3. The molecule has 0 radical (unpaired) electrons. The Balaban J connectivity index is 1.46. The number of aryl methyl sites for hydroxylation is 1. The number of aromatic amines is 1. The van der Waals surface area contributed by atoms with Gasteiger partial charge in [-0.1, -0.05) is 36.4 Å². The highest BCUT2D eigenvalue weighted by molar-refractivity contribution is 5.88. The van der Waals surface area contributed by atoms with E-state index >= 15 is 0 Å². The molecular formula is C24H27N5O4. The number of aliphatic hydroxyl groups excluding tert-OH is 1. The number of fused-ring (bicyclic) bond motifs is 2. The summed E-state index contributed by atoms with van der Waals surface area (Å²) in [6.45, 7) is 1.81. The zero-order chi connectivity index (χ0) is 22.9. The van der Waals surface area contributed by atoms with Crippen molar-refractivity contribution in [2.24, 2.45) is 7.05 Å². The van der Waals surface area contributed by atoms with Gasteiger partial charge >= 0.3 is 5.69 Å². The summed E-state index contributed by atoms with van der Waals surface area (Å²) in [5.74, 6) is 1.29. The van der Waals surface area contributed by atoms with Crippen molar-refractivity contribution in [2.45, 2.75) is 31.9 Å². The van der Waals surface area contributed by atoms with Gasteiger partial charge in [-0.15, -0.1) is 0 Å². The number of anilines is 1. The molecule has 4 aromatic rings. The third-order valence-electron chi connectivity index (χ3n) is 6.20. The number of piperidine rings is 1. The molecule has 0 unspecified atom stereocenters. The Hall–Kier alpha value is -3.59. The molecule has 1 atom stereocenters. The molecule has 0 saturated carbocycles. The smallest absolute Gasteiger partial charge is 0.329 e. The van der Waals surface area contributed by atoms with Gasteiger partial charge in [-0.25, -0.2) is 4.79 Å². The van der Waals surface area contributed by atoms with E-state index in [1.165, 1.54) is 4.57 Å². The van der Waals surface area contributed by atoms with E-state index in [1.807, 2.05) is 42.5 Å². The van der Waals surface area contributed by atoms with Crippen LogP contribution < -0.4 is 20.9 Å². The molecule has 0 amide bonds. The molecule has 5 rings (SSSR count). The minimum Gasteiger partial charge on any atom is -0.490 e. The number of H-pyrrole nitrogens is 1. The van der Waals surface area contributed by atoms with Crippen molar-refractivity contribution in [3.63, 3.8) is 0 Å². The van der Waals surface area contributed by atoms with E-state index in [0.717, 1.165) is 43.1 Å². The minimum atomic E-state index is -0.887. The first-order chi connectivity index (χ1) is 16.0. The van der Waals surface area contributed by atoms with Crippen molar-refractivity contribution in [3.8, 4) is 5.75 Å². The first-order valence-corrected chi connectivity index (χ1v) is 11.3. The highest BCUT2D eigenvalue weighted by Gasteiger charge is 2.24. The maximum absolute atomic E-state index is 12.7. The Bertz CT molecular complexity index is 1410. The molecule has 33 heavy (non-hydrogen) atoms. The maximum Gasteiger partial charge on any atom is 0.329 e. The lowest BCUT2D eigenvalue weighted by Gasteiger charge is -2.28. The Morgan fingerprint density at radius 1 is 1.09 bits per heavy atom. The van der Waals surface area contributed by atoms with Gasteiger partial charge in [0.05, 0.1) is 6.54 Å². The van der Waals surface area contributed by atoms with Crippen LogP contribution in [0.2, 0.25) is 0 Å². The van der Waals surface area contributed by atoms with Crippen LogP contribution in [0.3, 0.4) is 0 Å². The largest absolute Gasteiger partial charge is 0.490 e. The standard InChI is InChI=1S/C24H27N5O4/c1-27-21-20(22(31)26-24(27)32)29(23(25-21)28-12-5-2-6-13-28)14-17(30)15-33-19-11-7-9-16-8-3-4-10-18(16)19/h3-4,7-11,17,30H,2,5-6,12-15H2,1H3,(H,26,31,32)/t17-/m1/s1. The Labute approximate surface area is 189 Å². The summed E-state index contributed by atoms with van der Waals surface area (Å²) in [6.07, 6.45) is 2.33. The van der Waals surface area contributed by atoms with Gasteiger partial charge in [0.25, 0.3) is 5.56 Å². The number of rotatable bonds is 6. The van der Waals surface area contributed by atoms with Gasteiger partial charge in [0.1, 0.15) is 18.5 Å². The van der Waals surface area contributed by atoms with Crippen molar-refractivity contribution in [2.75, 3.05) is 24.6 Å². The molecule has 1 aliphatic rings. The lowest BCUT2D eigenvalue weighted by Crippen LogP contribution is -2.34. The van der Waals surface area contributed by atoms with Gasteiger partial charge < -0.3 is 19.3 Å². The molecule has 9 nitrogen and oxygen atoms in total. The van der Waals surface area contributed by atoms with Gasteiger partial charge in [0, 0.05) is 25.5 Å². The molecule has 1 saturated heterocycles. The summed E-state index contributed by atoms with van der Waals surface area (Å²) in [6, 6.07) is 13.7. The van der Waals surface area contributed by atoms with Gasteiger partial charge in [-0.2, -0.15) is 4.98 Å². The van der Waals surface area contributed by atoms with E-state index in [2.05, 4.69) is 14.9 Å². The molecule has 1 fully saturated rings. The third-order valence-corrected chi connectivity index (χ3v) is 6.20. The fraction of sp³-hybridized carbons (Fsp3) is 0.375. The van der Waals surface area contributed by atoms with Gasteiger partial charge in [0.2, 0.25) is 5.95 Å². The molecule has 9 heteroatoms. The van der Waals surface area contributed by atoms with Gasteiger partial charge in [-0.3, -0.25) is 14.3 Å². The second-order valence-corrected chi connectivity index (χ2v) is 8.50. The third kappa shape index (κ3) is 4.00. The monoisotopic (exact) mass is 449 g/mol. The minimum absolute atomic E-state index is 0.0524. The summed E-state index contributed by atoms with van der Waals surface area (Å²) < 4.78 is 9.01. The van der Waals surface area contributed by atoms with E-state index in [9.17, 15) is 14.7 Å². The molecule has 0 spiro atoms. The first-order valence-electron chi connectivity index (χ1n) is 11.3. The van der Waals surface area contributed by atoms with Crippen molar-refractivity contribution in [3.05, 3.63) is 63.3 Å². The van der Waals surface area contributed by atoms with E-state index in [-0.39, 0.29) is 18.7 Å². The van der Waals surface area contributed by atoms with Crippen LogP contribution in [0.5, 0.6) is 5.75 Å². The topological polar surface area (TPSA) is 105 Å². The van der Waals surface area contributed by atoms with Crippen LogP contribution in [0, 0.1) is 0 Å². The summed E-state index contributed by atoms with van der Waals surface area (Å²) in [4.78, 5) is 33.9. The molecular weight excluding hydrogens is 422 g/mol. The Morgan fingerprint density at radius 3 is 2.67 bits per heavy atom. The molecule has 1 aliphatic heterocycles. The summed E-state index contributed by atoms with van der Waals surface area (Å²) >= 11 is 0. The highest BCUT2D eigenvalue weighted by Crippen LogP contribution is 2.26. The molecule has 2 aromatic heterocycles. The number of ether oxygens (including phenoxy) is 1. The molecule has 3 heterocycles. The van der Waals surface area contributed by atoms with E-state index < -0.39 is 17.4 Å². The molecule has 2 aromatic carbocycles. The maximum atomic E-state index is 12.7. The van der Waals surface area contributed by atoms with Gasteiger partial charge in [0.15, 0.2) is 11.2 Å². The summed E-state index contributed by atoms with van der Waals surface area (Å²) in [7, 11) is 1.58. The van der Waals surface area contributed by atoms with Crippen LogP contribution >= 0.6 is 0 Å². The zero-order valence-electron chi connectivity index (χ0n) is 18.5. The average Bonchev–Trinajstić information content (AvgIpc) is 3.21. The van der Waals surface area contributed by atoms with Crippen LogP contribution in [-0.2, 0) is 13.6 Å². The molecule has 172 valence electrons. The van der Waals surface area contributed by atoms with Crippen molar-refractivity contribution in [1.29, 1.82) is 0 Å². The van der Waals surface area contributed by atoms with Crippen LogP contribution in [0.4, 0.5) is 5.95 Å². The number of aromatic nitrogens is 4. The number of nitrogens with zero attached hydrogens (tertiary/aromatic N) is 4. The predicted octanol–water partition coefficient (Wildman–Crippen LogP) is 2.01. The van der Waals surface area contributed by atoms with Crippen LogP contribution in [0.1, 0.15) is 19.3 Å². The summed E-state index contributed by atoms with van der Waals surface area (Å²) in [5.41, 5.74) is -0.429. The van der Waals surface area contributed by atoms with Gasteiger partial charge in [-0.05, 0) is 30.7 Å². The van der Waals surface area contributed by atoms with E-state index in [4.69, 9.17) is 4.74 Å². The number of imidazole rings is 1. The second-order valence-electron chi connectivity index (χ2n) is 8.50. The Morgan fingerprint density at radius 2 is 1.85 bits per heavy atom. The summed E-state index contributed by atoms with van der Waals surface area (Å²) in [5, 5.41) is 12.9. The SMILES string of the molecule is Cn1c(=O)[nH]c(=O)c2c1nc(N1CCCCC1)n2C[C@@H](O)COc1cccc2ccccc12. The van der Waals surface area contributed by atoms with Crippen LogP contribution in [0.15, 0.2) is 52.1 Å². The van der Waals surface area contributed by atoms with Crippen LogP contribution in [-0.4, -0.2) is 50.0 Å². The second kappa shape index (κ2) is 8.74. The number of benzene rings is 2. The number of hydrogen-bond acceptors (Lipinski definition) is 6. The zero-order valence-corrected chi connectivity index (χ0v) is 18.5. The van der Waals surface area contributed by atoms with E-state index in [0.29, 0.717) is 17.3 Å². The predicted molar refractivity (Wildman–Crippen MR) is 127 cm³/mol. The molecule has 0 aliphatic carbocycles. The number of hydrogen-bond donors (Lipinski definition) is 2. The highest BCUT2D eigenvalue weighted by atomic mass is 16.5.